The second-order valence-electron chi connectivity index (χ2n) is 3.78. The molecule has 4 heteroatoms. The SMILES string of the molecule is CCCC(CN)Nc1ccccc1C(N)=O. The largest absolute Gasteiger partial charge is 0.380 e. The van der Waals surface area contributed by atoms with Gasteiger partial charge in [-0.15, -0.1) is 0 Å². The maximum atomic E-state index is 11.2. The highest BCUT2D eigenvalue weighted by Crippen LogP contribution is 2.16. The van der Waals surface area contributed by atoms with Gasteiger partial charge in [0.15, 0.2) is 0 Å². The summed E-state index contributed by atoms with van der Waals surface area (Å²) in [6.45, 7) is 2.64. The van der Waals surface area contributed by atoms with Crippen molar-refractivity contribution in [2.24, 2.45) is 11.5 Å². The summed E-state index contributed by atoms with van der Waals surface area (Å²) in [5, 5.41) is 3.25. The quantitative estimate of drug-likeness (QED) is 0.677. The summed E-state index contributed by atoms with van der Waals surface area (Å²) in [7, 11) is 0. The molecule has 0 fully saturated rings. The number of amides is 1. The van der Waals surface area contributed by atoms with Crippen molar-refractivity contribution in [2.45, 2.75) is 25.8 Å². The molecule has 1 rings (SSSR count). The van der Waals surface area contributed by atoms with Gasteiger partial charge in [0.25, 0.3) is 5.91 Å². The Morgan fingerprint density at radius 3 is 2.69 bits per heavy atom. The van der Waals surface area contributed by atoms with Gasteiger partial charge >= 0.3 is 0 Å². The van der Waals surface area contributed by atoms with Gasteiger partial charge in [0.05, 0.1) is 5.56 Å². The number of hydrogen-bond donors (Lipinski definition) is 3. The first-order chi connectivity index (χ1) is 7.69. The molecule has 0 saturated carbocycles. The van der Waals surface area contributed by atoms with Gasteiger partial charge in [-0.25, -0.2) is 0 Å². The number of para-hydroxylation sites is 1. The zero-order valence-electron chi connectivity index (χ0n) is 9.57. The average molecular weight is 221 g/mol. The highest BCUT2D eigenvalue weighted by molar-refractivity contribution is 5.98. The number of benzene rings is 1. The first-order valence-corrected chi connectivity index (χ1v) is 5.54. The standard InChI is InChI=1S/C12H19N3O/c1-2-5-9(8-13)15-11-7-4-3-6-10(11)12(14)16/h3-4,6-7,9,15H,2,5,8,13H2,1H3,(H2,14,16). The van der Waals surface area contributed by atoms with Gasteiger partial charge in [0, 0.05) is 18.3 Å². The monoisotopic (exact) mass is 221 g/mol. The zero-order valence-corrected chi connectivity index (χ0v) is 9.57. The van der Waals surface area contributed by atoms with Crippen molar-refractivity contribution in [3.8, 4) is 0 Å². The topological polar surface area (TPSA) is 81.1 Å². The van der Waals surface area contributed by atoms with Crippen LogP contribution in [-0.4, -0.2) is 18.5 Å². The minimum Gasteiger partial charge on any atom is -0.380 e. The Bertz CT molecular complexity index is 352. The van der Waals surface area contributed by atoms with E-state index in [1.807, 2.05) is 12.1 Å². The Morgan fingerprint density at radius 1 is 1.44 bits per heavy atom. The maximum Gasteiger partial charge on any atom is 0.250 e. The van der Waals surface area contributed by atoms with Gasteiger partial charge in [-0.2, -0.15) is 0 Å². The first kappa shape index (κ1) is 12.5. The Hall–Kier alpha value is -1.55. The third-order valence-corrected chi connectivity index (χ3v) is 2.47. The number of rotatable bonds is 6. The van der Waals surface area contributed by atoms with Crippen molar-refractivity contribution >= 4 is 11.6 Å². The number of hydrogen-bond acceptors (Lipinski definition) is 3. The van der Waals surface area contributed by atoms with Gasteiger partial charge in [0.1, 0.15) is 0 Å². The van der Waals surface area contributed by atoms with E-state index in [1.165, 1.54) is 0 Å². The van der Waals surface area contributed by atoms with Crippen LogP contribution < -0.4 is 16.8 Å². The molecule has 1 amide bonds. The van der Waals surface area contributed by atoms with Crippen LogP contribution in [0.25, 0.3) is 0 Å². The van der Waals surface area contributed by atoms with Gasteiger partial charge in [-0.3, -0.25) is 4.79 Å². The molecular weight excluding hydrogens is 202 g/mol. The lowest BCUT2D eigenvalue weighted by Gasteiger charge is -2.18. The fourth-order valence-corrected chi connectivity index (χ4v) is 1.64. The number of nitrogens with one attached hydrogen (secondary N) is 1. The minimum absolute atomic E-state index is 0.186. The average Bonchev–Trinajstić information content (AvgIpc) is 2.29. The molecular formula is C12H19N3O. The number of carbonyl (C=O) groups excluding carboxylic acids is 1. The maximum absolute atomic E-state index is 11.2. The smallest absolute Gasteiger partial charge is 0.250 e. The van der Waals surface area contributed by atoms with Gasteiger partial charge < -0.3 is 16.8 Å². The molecule has 0 aromatic heterocycles. The van der Waals surface area contributed by atoms with Crippen LogP contribution in [-0.2, 0) is 0 Å². The molecule has 0 aliphatic rings. The third kappa shape index (κ3) is 3.24. The molecule has 1 atom stereocenters. The van der Waals surface area contributed by atoms with E-state index in [9.17, 15) is 4.79 Å². The number of carbonyl (C=O) groups is 1. The molecule has 0 radical (unpaired) electrons. The van der Waals surface area contributed by atoms with E-state index in [0.717, 1.165) is 18.5 Å². The van der Waals surface area contributed by atoms with Crippen LogP contribution in [0.4, 0.5) is 5.69 Å². The lowest BCUT2D eigenvalue weighted by molar-refractivity contribution is 0.100. The van der Waals surface area contributed by atoms with Crippen molar-refractivity contribution in [3.63, 3.8) is 0 Å². The summed E-state index contributed by atoms with van der Waals surface area (Å²) in [6.07, 6.45) is 2.03. The van der Waals surface area contributed by atoms with Crippen LogP contribution in [0.15, 0.2) is 24.3 Å². The van der Waals surface area contributed by atoms with Crippen LogP contribution in [0.5, 0.6) is 0 Å². The van der Waals surface area contributed by atoms with Crippen LogP contribution in [0.3, 0.4) is 0 Å². The third-order valence-electron chi connectivity index (χ3n) is 2.47. The van der Waals surface area contributed by atoms with E-state index in [1.54, 1.807) is 12.1 Å². The van der Waals surface area contributed by atoms with E-state index >= 15 is 0 Å². The van der Waals surface area contributed by atoms with Crippen molar-refractivity contribution in [1.29, 1.82) is 0 Å². The summed E-state index contributed by atoms with van der Waals surface area (Å²) < 4.78 is 0. The summed E-state index contributed by atoms with van der Waals surface area (Å²) in [6, 6.07) is 7.41. The lowest BCUT2D eigenvalue weighted by Crippen LogP contribution is -2.29. The Kier molecular flexibility index (Phi) is 4.79. The Balaban J connectivity index is 2.82. The number of nitrogens with two attached hydrogens (primary N) is 2. The predicted molar refractivity (Wildman–Crippen MR) is 66.3 cm³/mol. The number of primary amides is 1. The molecule has 88 valence electrons. The van der Waals surface area contributed by atoms with Crippen molar-refractivity contribution < 1.29 is 4.79 Å². The second-order valence-corrected chi connectivity index (χ2v) is 3.78. The summed E-state index contributed by atoms with van der Waals surface area (Å²) >= 11 is 0. The van der Waals surface area contributed by atoms with Crippen molar-refractivity contribution in [1.82, 2.24) is 0 Å². The Morgan fingerprint density at radius 2 is 2.12 bits per heavy atom. The van der Waals surface area contributed by atoms with E-state index < -0.39 is 5.91 Å². The molecule has 0 aliphatic heterocycles. The molecule has 0 spiro atoms. The second kappa shape index (κ2) is 6.12. The first-order valence-electron chi connectivity index (χ1n) is 5.54. The van der Waals surface area contributed by atoms with Crippen LogP contribution in [0, 0.1) is 0 Å². The molecule has 0 heterocycles. The normalized spacial score (nSPS) is 12.1. The summed E-state index contributed by atoms with van der Waals surface area (Å²) in [5.74, 6) is -0.421. The van der Waals surface area contributed by atoms with Crippen LogP contribution >= 0.6 is 0 Å². The summed E-state index contributed by atoms with van der Waals surface area (Å²) in [4.78, 5) is 11.2. The van der Waals surface area contributed by atoms with Gasteiger partial charge in [-0.05, 0) is 18.6 Å². The van der Waals surface area contributed by atoms with E-state index in [0.29, 0.717) is 12.1 Å². The molecule has 0 aliphatic carbocycles. The number of anilines is 1. The fourth-order valence-electron chi connectivity index (χ4n) is 1.64. The van der Waals surface area contributed by atoms with Gasteiger partial charge in [0.2, 0.25) is 0 Å². The molecule has 16 heavy (non-hydrogen) atoms. The highest BCUT2D eigenvalue weighted by Gasteiger charge is 2.10. The van der Waals surface area contributed by atoms with E-state index in [-0.39, 0.29) is 6.04 Å². The molecule has 0 bridgehead atoms. The van der Waals surface area contributed by atoms with E-state index in [4.69, 9.17) is 11.5 Å². The molecule has 4 nitrogen and oxygen atoms in total. The summed E-state index contributed by atoms with van der Waals surface area (Å²) in [5.41, 5.74) is 12.2. The lowest BCUT2D eigenvalue weighted by atomic mass is 10.1. The molecule has 0 saturated heterocycles. The van der Waals surface area contributed by atoms with Gasteiger partial charge in [-0.1, -0.05) is 25.5 Å². The Labute approximate surface area is 96.0 Å². The molecule has 1 unspecified atom stereocenters. The zero-order chi connectivity index (χ0) is 12.0. The predicted octanol–water partition coefficient (Wildman–Crippen LogP) is 1.32. The minimum atomic E-state index is -0.421. The van der Waals surface area contributed by atoms with Crippen LogP contribution in [0.1, 0.15) is 30.1 Å². The molecule has 1 aromatic carbocycles. The van der Waals surface area contributed by atoms with E-state index in [2.05, 4.69) is 12.2 Å². The molecule has 5 N–H and O–H groups in total. The molecule has 1 aromatic rings. The highest BCUT2D eigenvalue weighted by atomic mass is 16.1. The van der Waals surface area contributed by atoms with Crippen molar-refractivity contribution in [2.75, 3.05) is 11.9 Å². The van der Waals surface area contributed by atoms with Crippen molar-refractivity contribution in [3.05, 3.63) is 29.8 Å². The fraction of sp³-hybridized carbons (Fsp3) is 0.417. The van der Waals surface area contributed by atoms with Crippen LogP contribution in [0.2, 0.25) is 0 Å².